The first kappa shape index (κ1) is 11.8. The predicted octanol–water partition coefficient (Wildman–Crippen LogP) is 2.65. The number of benzene rings is 1. The number of furan rings is 1. The highest BCUT2D eigenvalue weighted by Crippen LogP contribution is 2.08. The topological polar surface area (TPSA) is 54.6 Å². The average Bonchev–Trinajstić information content (AvgIpc) is 2.85. The third-order valence-corrected chi connectivity index (χ3v) is 3.00. The van der Waals surface area contributed by atoms with Crippen molar-refractivity contribution < 1.29 is 9.21 Å². The fourth-order valence-electron chi connectivity index (χ4n) is 1.20. The normalized spacial score (nSPS) is 10.6. The van der Waals surface area contributed by atoms with E-state index in [4.69, 9.17) is 4.42 Å². The molecule has 0 aliphatic carbocycles. The molecule has 0 aliphatic rings. The monoisotopic (exact) mass is 340 g/mol. The number of amides is 1. The van der Waals surface area contributed by atoms with Gasteiger partial charge >= 0.3 is 5.91 Å². The van der Waals surface area contributed by atoms with Crippen LogP contribution in [0.5, 0.6) is 0 Å². The molecule has 0 fully saturated rings. The summed E-state index contributed by atoms with van der Waals surface area (Å²) < 4.78 is 6.00. The molecule has 1 amide bonds. The lowest BCUT2D eigenvalue weighted by Crippen LogP contribution is -2.16. The van der Waals surface area contributed by atoms with Crippen molar-refractivity contribution >= 4 is 34.7 Å². The number of nitrogens with zero attached hydrogens (tertiary/aromatic N) is 1. The van der Waals surface area contributed by atoms with Crippen LogP contribution in [0.25, 0.3) is 0 Å². The molecule has 0 atom stereocenters. The van der Waals surface area contributed by atoms with E-state index < -0.39 is 0 Å². The lowest BCUT2D eigenvalue weighted by Gasteiger charge is -1.97. The van der Waals surface area contributed by atoms with Crippen molar-refractivity contribution in [3.05, 3.63) is 57.6 Å². The first-order chi connectivity index (χ1) is 8.27. The highest BCUT2D eigenvalue weighted by molar-refractivity contribution is 14.1. The number of hydrogen-bond acceptors (Lipinski definition) is 3. The minimum absolute atomic E-state index is 0.241. The van der Waals surface area contributed by atoms with E-state index in [9.17, 15) is 4.79 Å². The van der Waals surface area contributed by atoms with Gasteiger partial charge in [0, 0.05) is 9.13 Å². The molecule has 86 valence electrons. The molecule has 0 bridgehead atoms. The molecular formula is C12H9IN2O2. The standard InChI is InChI=1S/C12H9IN2O2/c13-10-5-2-1-4-9(10)8-14-15-12(16)11-6-3-7-17-11/h1-8H,(H,15,16)/b14-8-. The quantitative estimate of drug-likeness (QED) is 0.531. The Morgan fingerprint density at radius 2 is 2.12 bits per heavy atom. The van der Waals surface area contributed by atoms with Gasteiger partial charge in [-0.1, -0.05) is 18.2 Å². The largest absolute Gasteiger partial charge is 0.459 e. The summed E-state index contributed by atoms with van der Waals surface area (Å²) in [7, 11) is 0. The molecule has 0 radical (unpaired) electrons. The summed E-state index contributed by atoms with van der Waals surface area (Å²) in [4.78, 5) is 11.5. The molecule has 1 heterocycles. The van der Waals surface area contributed by atoms with Crippen molar-refractivity contribution in [1.82, 2.24) is 5.43 Å². The first-order valence-corrected chi connectivity index (χ1v) is 5.96. The van der Waals surface area contributed by atoms with E-state index >= 15 is 0 Å². The Bertz CT molecular complexity index is 535. The van der Waals surface area contributed by atoms with Crippen molar-refractivity contribution in [3.63, 3.8) is 0 Å². The Labute approximate surface area is 112 Å². The van der Waals surface area contributed by atoms with Gasteiger partial charge in [-0.25, -0.2) is 5.43 Å². The highest BCUT2D eigenvalue weighted by Gasteiger charge is 2.05. The van der Waals surface area contributed by atoms with Crippen molar-refractivity contribution in [3.8, 4) is 0 Å². The third-order valence-electron chi connectivity index (χ3n) is 2.02. The Morgan fingerprint density at radius 1 is 1.29 bits per heavy atom. The number of nitrogens with one attached hydrogen (secondary N) is 1. The molecule has 17 heavy (non-hydrogen) atoms. The van der Waals surface area contributed by atoms with Gasteiger partial charge in [-0.2, -0.15) is 5.10 Å². The predicted molar refractivity (Wildman–Crippen MR) is 72.9 cm³/mol. The maximum absolute atomic E-state index is 11.5. The minimum atomic E-state index is -0.364. The molecule has 0 aliphatic heterocycles. The highest BCUT2D eigenvalue weighted by atomic mass is 127. The fraction of sp³-hybridized carbons (Fsp3) is 0. The number of rotatable bonds is 3. The van der Waals surface area contributed by atoms with E-state index in [1.807, 2.05) is 24.3 Å². The van der Waals surface area contributed by atoms with Gasteiger partial charge in [0.1, 0.15) is 0 Å². The SMILES string of the molecule is O=C(N/N=C\c1ccccc1I)c1ccco1. The summed E-state index contributed by atoms with van der Waals surface area (Å²) in [5.41, 5.74) is 3.35. The smallest absolute Gasteiger partial charge is 0.307 e. The average molecular weight is 340 g/mol. The summed E-state index contributed by atoms with van der Waals surface area (Å²) >= 11 is 2.21. The van der Waals surface area contributed by atoms with Gasteiger partial charge in [0.2, 0.25) is 0 Å². The molecule has 2 aromatic rings. The van der Waals surface area contributed by atoms with Crippen LogP contribution in [-0.4, -0.2) is 12.1 Å². The summed E-state index contributed by atoms with van der Waals surface area (Å²) in [6.45, 7) is 0. The van der Waals surface area contributed by atoms with Gasteiger partial charge in [-0.05, 0) is 40.8 Å². The second-order valence-corrected chi connectivity index (χ2v) is 4.36. The van der Waals surface area contributed by atoms with Crippen LogP contribution in [0.15, 0.2) is 52.2 Å². The van der Waals surface area contributed by atoms with Crippen molar-refractivity contribution in [2.75, 3.05) is 0 Å². The van der Waals surface area contributed by atoms with Crippen LogP contribution >= 0.6 is 22.6 Å². The molecule has 2 rings (SSSR count). The van der Waals surface area contributed by atoms with Gasteiger partial charge in [0.15, 0.2) is 5.76 Å². The van der Waals surface area contributed by atoms with Crippen molar-refractivity contribution in [1.29, 1.82) is 0 Å². The van der Waals surface area contributed by atoms with E-state index in [1.54, 1.807) is 18.3 Å². The van der Waals surface area contributed by atoms with Crippen LogP contribution in [0.1, 0.15) is 16.1 Å². The first-order valence-electron chi connectivity index (χ1n) is 4.89. The molecule has 0 unspecified atom stereocenters. The molecule has 5 heteroatoms. The minimum Gasteiger partial charge on any atom is -0.459 e. The Morgan fingerprint density at radius 3 is 2.82 bits per heavy atom. The number of carbonyl (C=O) groups excluding carboxylic acids is 1. The fourth-order valence-corrected chi connectivity index (χ4v) is 1.73. The number of halogens is 1. The zero-order valence-electron chi connectivity index (χ0n) is 8.76. The van der Waals surface area contributed by atoms with Crippen molar-refractivity contribution in [2.45, 2.75) is 0 Å². The molecule has 0 spiro atoms. The van der Waals surface area contributed by atoms with Gasteiger partial charge in [0.25, 0.3) is 0 Å². The number of carbonyl (C=O) groups is 1. The van der Waals surface area contributed by atoms with E-state index in [0.29, 0.717) is 0 Å². The summed E-state index contributed by atoms with van der Waals surface area (Å²) in [6, 6.07) is 11.0. The van der Waals surface area contributed by atoms with E-state index in [-0.39, 0.29) is 11.7 Å². The van der Waals surface area contributed by atoms with Gasteiger partial charge < -0.3 is 4.42 Å². The lowest BCUT2D eigenvalue weighted by atomic mass is 10.2. The third kappa shape index (κ3) is 3.16. The molecule has 1 aromatic carbocycles. The van der Waals surface area contributed by atoms with Crippen molar-refractivity contribution in [2.24, 2.45) is 5.10 Å². The Balaban J connectivity index is 1.99. The molecule has 0 saturated carbocycles. The van der Waals surface area contributed by atoms with Crippen LogP contribution in [0.2, 0.25) is 0 Å². The maximum atomic E-state index is 11.5. The maximum Gasteiger partial charge on any atom is 0.307 e. The van der Waals surface area contributed by atoms with E-state index in [0.717, 1.165) is 9.13 Å². The Kier molecular flexibility index (Phi) is 3.92. The lowest BCUT2D eigenvalue weighted by molar-refractivity contribution is 0.0927. The second kappa shape index (κ2) is 5.62. The van der Waals surface area contributed by atoms with Crippen LogP contribution in [0.3, 0.4) is 0 Å². The van der Waals surface area contributed by atoms with Crippen LogP contribution < -0.4 is 5.43 Å². The van der Waals surface area contributed by atoms with Crippen LogP contribution in [-0.2, 0) is 0 Å². The zero-order valence-corrected chi connectivity index (χ0v) is 10.9. The zero-order chi connectivity index (χ0) is 12.1. The second-order valence-electron chi connectivity index (χ2n) is 3.20. The molecular weight excluding hydrogens is 331 g/mol. The molecule has 1 aromatic heterocycles. The summed E-state index contributed by atoms with van der Waals surface area (Å²) in [6.07, 6.45) is 3.04. The van der Waals surface area contributed by atoms with Crippen LogP contribution in [0.4, 0.5) is 0 Å². The van der Waals surface area contributed by atoms with E-state index in [1.165, 1.54) is 6.26 Å². The number of hydrazone groups is 1. The van der Waals surface area contributed by atoms with E-state index in [2.05, 4.69) is 33.1 Å². The number of hydrogen-bond donors (Lipinski definition) is 1. The summed E-state index contributed by atoms with van der Waals surface area (Å²) in [5, 5.41) is 3.87. The van der Waals surface area contributed by atoms with Gasteiger partial charge in [0.05, 0.1) is 12.5 Å². The van der Waals surface area contributed by atoms with Gasteiger partial charge in [-0.15, -0.1) is 0 Å². The van der Waals surface area contributed by atoms with Gasteiger partial charge in [-0.3, -0.25) is 4.79 Å². The molecule has 1 N–H and O–H groups in total. The van der Waals surface area contributed by atoms with Crippen LogP contribution in [0, 0.1) is 3.57 Å². The molecule has 4 nitrogen and oxygen atoms in total. The summed E-state index contributed by atoms with van der Waals surface area (Å²) in [5.74, 6) is -0.123. The Hall–Kier alpha value is -1.63. The molecule has 0 saturated heterocycles.